The molecular formula is C26H26N4O2S. The zero-order chi connectivity index (χ0) is 23.2. The maximum Gasteiger partial charge on any atom is 0.234 e. The van der Waals surface area contributed by atoms with Gasteiger partial charge in [-0.1, -0.05) is 54.6 Å². The summed E-state index contributed by atoms with van der Waals surface area (Å²) in [6.45, 7) is 4.15. The molecule has 0 radical (unpaired) electrons. The molecule has 4 aromatic rings. The number of hydrogen-bond acceptors (Lipinski definition) is 5. The zero-order valence-corrected chi connectivity index (χ0v) is 19.7. The van der Waals surface area contributed by atoms with Gasteiger partial charge in [-0.25, -0.2) is 0 Å². The molecule has 0 bridgehead atoms. The maximum absolute atomic E-state index is 12.6. The molecule has 1 heterocycles. The second-order valence-corrected chi connectivity index (χ2v) is 8.54. The molecule has 1 amide bonds. The van der Waals surface area contributed by atoms with Crippen LogP contribution in [0.4, 0.5) is 5.69 Å². The maximum atomic E-state index is 12.6. The van der Waals surface area contributed by atoms with Crippen molar-refractivity contribution in [3.05, 3.63) is 83.9 Å². The third-order valence-corrected chi connectivity index (χ3v) is 6.15. The number of ether oxygens (including phenoxy) is 1. The molecule has 33 heavy (non-hydrogen) atoms. The number of nitrogens with one attached hydrogen (secondary N) is 1. The molecule has 7 heteroatoms. The molecule has 0 aliphatic heterocycles. The largest absolute Gasteiger partial charge is 0.497 e. The first kappa shape index (κ1) is 22.6. The molecule has 1 aromatic heterocycles. The van der Waals surface area contributed by atoms with E-state index in [-0.39, 0.29) is 11.7 Å². The molecule has 0 aliphatic rings. The fourth-order valence-corrected chi connectivity index (χ4v) is 4.20. The molecule has 4 rings (SSSR count). The summed E-state index contributed by atoms with van der Waals surface area (Å²) in [4.78, 5) is 12.6. The Hall–Kier alpha value is -3.58. The van der Waals surface area contributed by atoms with Crippen molar-refractivity contribution in [2.75, 3.05) is 18.2 Å². The Bertz CT molecular complexity index is 1230. The summed E-state index contributed by atoms with van der Waals surface area (Å²) in [7, 11) is 1.64. The van der Waals surface area contributed by atoms with Crippen molar-refractivity contribution in [1.29, 1.82) is 0 Å². The highest BCUT2D eigenvalue weighted by Crippen LogP contribution is 2.29. The summed E-state index contributed by atoms with van der Waals surface area (Å²) in [6, 6.07) is 23.8. The Morgan fingerprint density at radius 2 is 1.79 bits per heavy atom. The lowest BCUT2D eigenvalue weighted by Gasteiger charge is -2.12. The molecule has 3 aromatic carbocycles. The summed E-state index contributed by atoms with van der Waals surface area (Å²) in [5.41, 5.74) is 5.02. The highest BCUT2D eigenvalue weighted by molar-refractivity contribution is 7.99. The van der Waals surface area contributed by atoms with E-state index in [4.69, 9.17) is 4.74 Å². The number of rotatable bonds is 8. The standard InChI is InChI=1S/C26H26N4O2S/c1-4-19-8-10-21(11-9-19)27-24(31)17-33-26-29-28-25(20-7-5-6-18(2)16-20)30(26)22-12-14-23(32-3)15-13-22/h5-16H,4,17H2,1-3H3,(H,27,31). The van der Waals surface area contributed by atoms with Gasteiger partial charge in [-0.05, 0) is 61.4 Å². The number of benzene rings is 3. The van der Waals surface area contributed by atoms with Gasteiger partial charge < -0.3 is 10.1 Å². The average Bonchev–Trinajstić information content (AvgIpc) is 3.27. The Morgan fingerprint density at radius 3 is 2.45 bits per heavy atom. The lowest BCUT2D eigenvalue weighted by atomic mass is 10.1. The molecule has 0 saturated carbocycles. The molecule has 168 valence electrons. The van der Waals surface area contributed by atoms with Crippen molar-refractivity contribution in [3.8, 4) is 22.8 Å². The third-order valence-electron chi connectivity index (χ3n) is 5.22. The van der Waals surface area contributed by atoms with Crippen LogP contribution in [0.15, 0.2) is 78.0 Å². The molecule has 0 aliphatic carbocycles. The predicted octanol–water partition coefficient (Wildman–Crippen LogP) is 5.54. The van der Waals surface area contributed by atoms with E-state index in [1.165, 1.54) is 17.3 Å². The van der Waals surface area contributed by atoms with Gasteiger partial charge in [0.15, 0.2) is 11.0 Å². The normalized spacial score (nSPS) is 10.8. The summed E-state index contributed by atoms with van der Waals surface area (Å²) >= 11 is 1.35. The van der Waals surface area contributed by atoms with E-state index >= 15 is 0 Å². The van der Waals surface area contributed by atoms with Crippen molar-refractivity contribution in [2.45, 2.75) is 25.4 Å². The second-order valence-electron chi connectivity index (χ2n) is 7.60. The van der Waals surface area contributed by atoms with Crippen molar-refractivity contribution in [2.24, 2.45) is 0 Å². The molecule has 0 saturated heterocycles. The molecule has 0 unspecified atom stereocenters. The van der Waals surface area contributed by atoms with Crippen LogP contribution >= 0.6 is 11.8 Å². The average molecular weight is 459 g/mol. The van der Waals surface area contributed by atoms with E-state index in [2.05, 4.69) is 28.5 Å². The molecule has 0 fully saturated rings. The van der Waals surface area contributed by atoms with Gasteiger partial charge in [0, 0.05) is 16.9 Å². The Labute approximate surface area is 198 Å². The molecule has 0 atom stereocenters. The van der Waals surface area contributed by atoms with Crippen LogP contribution in [0.1, 0.15) is 18.1 Å². The number of hydrogen-bond donors (Lipinski definition) is 1. The van der Waals surface area contributed by atoms with Gasteiger partial charge in [-0.3, -0.25) is 9.36 Å². The number of anilines is 1. The van der Waals surface area contributed by atoms with Gasteiger partial charge in [0.1, 0.15) is 5.75 Å². The SMILES string of the molecule is CCc1ccc(NC(=O)CSc2nnc(-c3cccc(C)c3)n2-c2ccc(OC)cc2)cc1. The molecule has 1 N–H and O–H groups in total. The van der Waals surface area contributed by atoms with Gasteiger partial charge in [-0.15, -0.1) is 10.2 Å². The fraction of sp³-hybridized carbons (Fsp3) is 0.192. The van der Waals surface area contributed by atoms with Crippen LogP contribution in [-0.2, 0) is 11.2 Å². The van der Waals surface area contributed by atoms with E-state index in [0.717, 1.165) is 40.5 Å². The van der Waals surface area contributed by atoms with E-state index < -0.39 is 0 Å². The topological polar surface area (TPSA) is 69.0 Å². The minimum Gasteiger partial charge on any atom is -0.497 e. The lowest BCUT2D eigenvalue weighted by molar-refractivity contribution is -0.113. The Kier molecular flexibility index (Phi) is 7.10. The van der Waals surface area contributed by atoms with E-state index in [0.29, 0.717) is 5.16 Å². The first-order valence-corrected chi connectivity index (χ1v) is 11.7. The van der Waals surface area contributed by atoms with Crippen molar-refractivity contribution < 1.29 is 9.53 Å². The van der Waals surface area contributed by atoms with Crippen LogP contribution in [0.5, 0.6) is 5.75 Å². The summed E-state index contributed by atoms with van der Waals surface area (Å²) in [5, 5.41) is 12.5. The summed E-state index contributed by atoms with van der Waals surface area (Å²) < 4.78 is 7.27. The quantitative estimate of drug-likeness (QED) is 0.351. The van der Waals surface area contributed by atoms with Gasteiger partial charge >= 0.3 is 0 Å². The van der Waals surface area contributed by atoms with Crippen LogP contribution in [0.2, 0.25) is 0 Å². The number of carbonyl (C=O) groups is 1. The first-order valence-electron chi connectivity index (χ1n) is 10.8. The second kappa shape index (κ2) is 10.4. The fourth-order valence-electron chi connectivity index (χ4n) is 3.45. The van der Waals surface area contributed by atoms with Gasteiger partial charge in [0.25, 0.3) is 0 Å². The Morgan fingerprint density at radius 1 is 1.03 bits per heavy atom. The van der Waals surface area contributed by atoms with Gasteiger partial charge in [0.05, 0.1) is 12.9 Å². The number of aryl methyl sites for hydroxylation is 2. The summed E-state index contributed by atoms with van der Waals surface area (Å²) in [5.74, 6) is 1.62. The van der Waals surface area contributed by atoms with Gasteiger partial charge in [0.2, 0.25) is 5.91 Å². The van der Waals surface area contributed by atoms with Gasteiger partial charge in [-0.2, -0.15) is 0 Å². The number of aromatic nitrogens is 3. The Balaban J connectivity index is 1.58. The number of methoxy groups -OCH3 is 1. The number of nitrogens with zero attached hydrogens (tertiary/aromatic N) is 3. The van der Waals surface area contributed by atoms with E-state index in [1.807, 2.05) is 78.2 Å². The zero-order valence-electron chi connectivity index (χ0n) is 18.9. The van der Waals surface area contributed by atoms with Crippen LogP contribution in [0, 0.1) is 6.92 Å². The van der Waals surface area contributed by atoms with Crippen LogP contribution < -0.4 is 10.1 Å². The van der Waals surface area contributed by atoms with Crippen LogP contribution in [0.25, 0.3) is 17.1 Å². The first-order chi connectivity index (χ1) is 16.1. The number of carbonyl (C=O) groups excluding carboxylic acids is 1. The molecule has 6 nitrogen and oxygen atoms in total. The highest BCUT2D eigenvalue weighted by atomic mass is 32.2. The highest BCUT2D eigenvalue weighted by Gasteiger charge is 2.17. The number of amides is 1. The number of thioether (sulfide) groups is 1. The monoisotopic (exact) mass is 458 g/mol. The summed E-state index contributed by atoms with van der Waals surface area (Å²) in [6.07, 6.45) is 0.967. The minimum atomic E-state index is -0.0920. The minimum absolute atomic E-state index is 0.0920. The van der Waals surface area contributed by atoms with Crippen LogP contribution in [0.3, 0.4) is 0 Å². The third kappa shape index (κ3) is 5.43. The van der Waals surface area contributed by atoms with Crippen molar-refractivity contribution in [3.63, 3.8) is 0 Å². The lowest BCUT2D eigenvalue weighted by Crippen LogP contribution is -2.14. The van der Waals surface area contributed by atoms with Crippen molar-refractivity contribution >= 4 is 23.4 Å². The van der Waals surface area contributed by atoms with Crippen LogP contribution in [-0.4, -0.2) is 33.5 Å². The van der Waals surface area contributed by atoms with E-state index in [1.54, 1.807) is 7.11 Å². The van der Waals surface area contributed by atoms with Crippen molar-refractivity contribution in [1.82, 2.24) is 14.8 Å². The predicted molar refractivity (Wildman–Crippen MR) is 133 cm³/mol. The van der Waals surface area contributed by atoms with E-state index in [9.17, 15) is 4.79 Å². The molecular weight excluding hydrogens is 432 g/mol. The molecule has 0 spiro atoms. The smallest absolute Gasteiger partial charge is 0.234 e.